The third-order valence-corrected chi connectivity index (χ3v) is 4.19. The number of ether oxygens (including phenoxy) is 1. The number of esters is 1. The second-order valence-corrected chi connectivity index (χ2v) is 5.89. The van der Waals surface area contributed by atoms with Crippen LogP contribution in [0.5, 0.6) is 0 Å². The van der Waals surface area contributed by atoms with E-state index >= 15 is 0 Å². The molecule has 2 amide bonds. The van der Waals surface area contributed by atoms with Crippen LogP contribution in [0.15, 0.2) is 0 Å². The number of carbonyl (C=O) groups excluding carboxylic acids is 3. The highest BCUT2D eigenvalue weighted by Crippen LogP contribution is 2.09. The summed E-state index contributed by atoms with van der Waals surface area (Å²) >= 11 is 0. The molecule has 0 spiro atoms. The van der Waals surface area contributed by atoms with E-state index in [4.69, 9.17) is 4.74 Å². The standard InChI is InChI=1S/C15H25N3O4/c1-16-7-9-18(10-8-16)14(20)4-5-15(21)22-12-11-17-6-2-3-13(17)19/h2-12H2,1H3. The van der Waals surface area contributed by atoms with Crippen LogP contribution >= 0.6 is 0 Å². The molecule has 2 saturated heterocycles. The van der Waals surface area contributed by atoms with E-state index in [2.05, 4.69) is 4.90 Å². The number of piperazine rings is 1. The number of rotatable bonds is 6. The summed E-state index contributed by atoms with van der Waals surface area (Å²) in [6.45, 7) is 4.62. The van der Waals surface area contributed by atoms with E-state index in [-0.39, 0.29) is 37.2 Å². The number of likely N-dealkylation sites (tertiary alicyclic amines) is 1. The third-order valence-electron chi connectivity index (χ3n) is 4.19. The number of carbonyl (C=O) groups is 3. The largest absolute Gasteiger partial charge is 0.464 e. The summed E-state index contributed by atoms with van der Waals surface area (Å²) in [5.41, 5.74) is 0. The fourth-order valence-corrected chi connectivity index (χ4v) is 2.71. The normalized spacial score (nSPS) is 19.6. The average molecular weight is 311 g/mol. The quantitative estimate of drug-likeness (QED) is 0.630. The first-order chi connectivity index (χ1) is 10.6. The molecule has 0 aromatic carbocycles. The van der Waals surface area contributed by atoms with Gasteiger partial charge in [0.05, 0.1) is 13.0 Å². The van der Waals surface area contributed by atoms with Crippen molar-refractivity contribution in [3.63, 3.8) is 0 Å². The molecule has 2 aliphatic rings. The molecule has 2 rings (SSSR count). The Morgan fingerprint density at radius 1 is 1.09 bits per heavy atom. The first kappa shape index (κ1) is 16.7. The predicted octanol–water partition coefficient (Wildman–Crippen LogP) is -0.294. The van der Waals surface area contributed by atoms with Crippen LogP contribution in [0, 0.1) is 0 Å². The number of hydrogen-bond donors (Lipinski definition) is 0. The molecule has 0 aromatic rings. The predicted molar refractivity (Wildman–Crippen MR) is 80.1 cm³/mol. The molecule has 2 aliphatic heterocycles. The van der Waals surface area contributed by atoms with Crippen LogP contribution in [0.4, 0.5) is 0 Å². The highest BCUT2D eigenvalue weighted by molar-refractivity contribution is 5.81. The van der Waals surface area contributed by atoms with Crippen molar-refractivity contribution in [1.82, 2.24) is 14.7 Å². The molecule has 7 nitrogen and oxygen atoms in total. The lowest BCUT2D eigenvalue weighted by atomic mass is 10.2. The summed E-state index contributed by atoms with van der Waals surface area (Å²) in [7, 11) is 2.03. The minimum Gasteiger partial charge on any atom is -0.464 e. The molecular weight excluding hydrogens is 286 g/mol. The zero-order valence-electron chi connectivity index (χ0n) is 13.3. The molecule has 0 radical (unpaired) electrons. The van der Waals surface area contributed by atoms with Crippen molar-refractivity contribution >= 4 is 17.8 Å². The highest BCUT2D eigenvalue weighted by Gasteiger charge is 2.21. The molecule has 22 heavy (non-hydrogen) atoms. The Kier molecular flexibility index (Phi) is 6.18. The summed E-state index contributed by atoms with van der Waals surface area (Å²) in [5.74, 6) is -0.227. The summed E-state index contributed by atoms with van der Waals surface area (Å²) in [5, 5.41) is 0. The Hall–Kier alpha value is -1.63. The van der Waals surface area contributed by atoms with Crippen LogP contribution in [0.25, 0.3) is 0 Å². The summed E-state index contributed by atoms with van der Waals surface area (Å²) in [6, 6.07) is 0. The lowest BCUT2D eigenvalue weighted by molar-refractivity contribution is -0.147. The van der Waals surface area contributed by atoms with Crippen LogP contribution in [0.3, 0.4) is 0 Å². The van der Waals surface area contributed by atoms with Crippen molar-refractivity contribution in [3.8, 4) is 0 Å². The van der Waals surface area contributed by atoms with E-state index in [0.29, 0.717) is 13.0 Å². The monoisotopic (exact) mass is 311 g/mol. The smallest absolute Gasteiger partial charge is 0.306 e. The maximum atomic E-state index is 12.0. The van der Waals surface area contributed by atoms with Crippen molar-refractivity contribution in [1.29, 1.82) is 0 Å². The summed E-state index contributed by atoms with van der Waals surface area (Å²) < 4.78 is 5.10. The number of hydrogen-bond acceptors (Lipinski definition) is 5. The van der Waals surface area contributed by atoms with Gasteiger partial charge in [0.2, 0.25) is 11.8 Å². The van der Waals surface area contributed by atoms with Gasteiger partial charge in [-0.15, -0.1) is 0 Å². The third kappa shape index (κ3) is 4.98. The fourth-order valence-electron chi connectivity index (χ4n) is 2.71. The van der Waals surface area contributed by atoms with Crippen LogP contribution < -0.4 is 0 Å². The van der Waals surface area contributed by atoms with Gasteiger partial charge in [-0.3, -0.25) is 14.4 Å². The van der Waals surface area contributed by atoms with Crippen molar-refractivity contribution < 1.29 is 19.1 Å². The molecule has 0 unspecified atom stereocenters. The Labute approximate surface area is 131 Å². The van der Waals surface area contributed by atoms with E-state index in [0.717, 1.165) is 39.1 Å². The molecule has 124 valence electrons. The van der Waals surface area contributed by atoms with Gasteiger partial charge < -0.3 is 19.4 Å². The maximum absolute atomic E-state index is 12.0. The van der Waals surface area contributed by atoms with E-state index in [9.17, 15) is 14.4 Å². The molecule has 0 atom stereocenters. The average Bonchev–Trinajstić information content (AvgIpc) is 2.91. The molecule has 0 bridgehead atoms. The molecule has 0 aromatic heterocycles. The van der Waals surface area contributed by atoms with Crippen LogP contribution in [-0.4, -0.2) is 85.4 Å². The van der Waals surface area contributed by atoms with Gasteiger partial charge in [-0.05, 0) is 13.5 Å². The molecule has 0 aliphatic carbocycles. The Morgan fingerprint density at radius 2 is 1.82 bits per heavy atom. The van der Waals surface area contributed by atoms with Crippen molar-refractivity contribution in [2.45, 2.75) is 25.7 Å². The minimum atomic E-state index is -0.367. The van der Waals surface area contributed by atoms with E-state index in [1.54, 1.807) is 9.80 Å². The van der Waals surface area contributed by atoms with Crippen LogP contribution in [-0.2, 0) is 19.1 Å². The second-order valence-electron chi connectivity index (χ2n) is 5.89. The summed E-state index contributed by atoms with van der Waals surface area (Å²) in [6.07, 6.45) is 1.78. The van der Waals surface area contributed by atoms with Gasteiger partial charge in [0.1, 0.15) is 6.61 Å². The first-order valence-corrected chi connectivity index (χ1v) is 7.96. The Morgan fingerprint density at radius 3 is 2.45 bits per heavy atom. The molecule has 2 heterocycles. The maximum Gasteiger partial charge on any atom is 0.306 e. The molecule has 0 N–H and O–H groups in total. The van der Waals surface area contributed by atoms with Crippen LogP contribution in [0.1, 0.15) is 25.7 Å². The molecular formula is C15H25N3O4. The molecule has 2 fully saturated rings. The number of nitrogens with zero attached hydrogens (tertiary/aromatic N) is 3. The van der Waals surface area contributed by atoms with Gasteiger partial charge in [0.15, 0.2) is 0 Å². The molecule has 0 saturated carbocycles. The van der Waals surface area contributed by atoms with Gasteiger partial charge in [0, 0.05) is 45.6 Å². The fraction of sp³-hybridized carbons (Fsp3) is 0.800. The van der Waals surface area contributed by atoms with Gasteiger partial charge in [-0.25, -0.2) is 0 Å². The Balaban J connectivity index is 1.57. The van der Waals surface area contributed by atoms with Crippen LogP contribution in [0.2, 0.25) is 0 Å². The SMILES string of the molecule is CN1CCN(C(=O)CCC(=O)OCCN2CCCC2=O)CC1. The van der Waals surface area contributed by atoms with E-state index in [1.807, 2.05) is 7.05 Å². The van der Waals surface area contributed by atoms with Gasteiger partial charge >= 0.3 is 5.97 Å². The van der Waals surface area contributed by atoms with Gasteiger partial charge in [0.25, 0.3) is 0 Å². The van der Waals surface area contributed by atoms with Crippen molar-refractivity contribution in [3.05, 3.63) is 0 Å². The van der Waals surface area contributed by atoms with Crippen molar-refractivity contribution in [2.75, 3.05) is 52.9 Å². The van der Waals surface area contributed by atoms with E-state index < -0.39 is 0 Å². The van der Waals surface area contributed by atoms with Crippen molar-refractivity contribution in [2.24, 2.45) is 0 Å². The lowest BCUT2D eigenvalue weighted by Gasteiger charge is -2.32. The first-order valence-electron chi connectivity index (χ1n) is 7.96. The van der Waals surface area contributed by atoms with Gasteiger partial charge in [-0.2, -0.15) is 0 Å². The lowest BCUT2D eigenvalue weighted by Crippen LogP contribution is -2.47. The Bertz CT molecular complexity index is 419. The zero-order chi connectivity index (χ0) is 15.9. The minimum absolute atomic E-state index is 0.0137. The van der Waals surface area contributed by atoms with Gasteiger partial charge in [-0.1, -0.05) is 0 Å². The number of likely N-dealkylation sites (N-methyl/N-ethyl adjacent to an activating group) is 1. The van der Waals surface area contributed by atoms with E-state index in [1.165, 1.54) is 0 Å². The summed E-state index contributed by atoms with van der Waals surface area (Å²) in [4.78, 5) is 40.7. The number of amides is 2. The molecule has 7 heteroatoms. The topological polar surface area (TPSA) is 70.2 Å². The zero-order valence-corrected chi connectivity index (χ0v) is 13.3. The highest BCUT2D eigenvalue weighted by atomic mass is 16.5. The second kappa shape index (κ2) is 8.12.